The molecule has 1 heterocycles. The zero-order valence-electron chi connectivity index (χ0n) is 10.1. The molecule has 0 atom stereocenters. The summed E-state index contributed by atoms with van der Waals surface area (Å²) in [5.41, 5.74) is 5.57. The zero-order valence-corrected chi connectivity index (χ0v) is 10.1. The molecule has 1 saturated carbocycles. The van der Waals surface area contributed by atoms with Gasteiger partial charge in [-0.1, -0.05) is 12.8 Å². The molecule has 1 fully saturated rings. The second-order valence-corrected chi connectivity index (χ2v) is 4.61. The fourth-order valence-electron chi connectivity index (χ4n) is 2.50. The van der Waals surface area contributed by atoms with Crippen molar-refractivity contribution in [3.63, 3.8) is 0 Å². The zero-order chi connectivity index (χ0) is 12.1. The van der Waals surface area contributed by atoms with E-state index in [9.17, 15) is 4.39 Å². The van der Waals surface area contributed by atoms with E-state index < -0.39 is 0 Å². The van der Waals surface area contributed by atoms with E-state index in [4.69, 9.17) is 5.73 Å². The number of anilines is 1. The first-order chi connectivity index (χ1) is 8.31. The van der Waals surface area contributed by atoms with Crippen molar-refractivity contribution in [2.75, 3.05) is 18.0 Å². The lowest BCUT2D eigenvalue weighted by molar-refractivity contribution is 0.581. The van der Waals surface area contributed by atoms with E-state index >= 15 is 0 Å². The number of pyridine rings is 1. The van der Waals surface area contributed by atoms with Crippen LogP contribution in [0.1, 0.15) is 32.1 Å². The van der Waals surface area contributed by atoms with Crippen LogP contribution in [0.4, 0.5) is 10.2 Å². The molecule has 1 aliphatic rings. The Kier molecular flexibility index (Phi) is 4.31. The molecule has 4 heteroatoms. The summed E-state index contributed by atoms with van der Waals surface area (Å²) in [6.07, 6.45) is 7.23. The average molecular weight is 237 g/mol. The summed E-state index contributed by atoms with van der Waals surface area (Å²) >= 11 is 0. The molecule has 0 spiro atoms. The Morgan fingerprint density at radius 1 is 1.35 bits per heavy atom. The minimum Gasteiger partial charge on any atom is -0.354 e. The number of hydrogen-bond acceptors (Lipinski definition) is 3. The van der Waals surface area contributed by atoms with Crippen LogP contribution in [0, 0.1) is 5.82 Å². The van der Waals surface area contributed by atoms with Gasteiger partial charge in [0, 0.05) is 12.6 Å². The van der Waals surface area contributed by atoms with Gasteiger partial charge in [0.1, 0.15) is 11.6 Å². The maximum atomic E-state index is 12.9. The molecule has 0 aromatic carbocycles. The van der Waals surface area contributed by atoms with Crippen LogP contribution >= 0.6 is 0 Å². The summed E-state index contributed by atoms with van der Waals surface area (Å²) in [6.45, 7) is 1.60. The SMILES string of the molecule is NCCCN(c1ccc(F)cn1)C1CCCC1. The minimum atomic E-state index is -0.279. The Balaban J connectivity index is 2.10. The smallest absolute Gasteiger partial charge is 0.141 e. The third-order valence-electron chi connectivity index (χ3n) is 3.37. The van der Waals surface area contributed by atoms with E-state index in [-0.39, 0.29) is 5.82 Å². The van der Waals surface area contributed by atoms with Crippen molar-refractivity contribution in [3.05, 3.63) is 24.1 Å². The molecular formula is C13H20FN3. The predicted molar refractivity (Wildman–Crippen MR) is 67.5 cm³/mol. The summed E-state index contributed by atoms with van der Waals surface area (Å²) in [4.78, 5) is 6.48. The van der Waals surface area contributed by atoms with Gasteiger partial charge in [-0.3, -0.25) is 0 Å². The van der Waals surface area contributed by atoms with Gasteiger partial charge in [0.25, 0.3) is 0 Å². The van der Waals surface area contributed by atoms with E-state index in [2.05, 4.69) is 9.88 Å². The molecule has 0 saturated heterocycles. The first kappa shape index (κ1) is 12.3. The molecule has 3 nitrogen and oxygen atoms in total. The molecule has 0 unspecified atom stereocenters. The van der Waals surface area contributed by atoms with Gasteiger partial charge < -0.3 is 10.6 Å². The van der Waals surface area contributed by atoms with Gasteiger partial charge in [-0.25, -0.2) is 9.37 Å². The normalized spacial score (nSPS) is 16.4. The van der Waals surface area contributed by atoms with Crippen LogP contribution in [0.15, 0.2) is 18.3 Å². The van der Waals surface area contributed by atoms with Gasteiger partial charge in [0.05, 0.1) is 6.20 Å². The third-order valence-corrected chi connectivity index (χ3v) is 3.37. The van der Waals surface area contributed by atoms with E-state index in [0.29, 0.717) is 12.6 Å². The molecule has 94 valence electrons. The van der Waals surface area contributed by atoms with Crippen LogP contribution in [0.5, 0.6) is 0 Å². The molecular weight excluding hydrogens is 217 g/mol. The second kappa shape index (κ2) is 5.96. The fraction of sp³-hybridized carbons (Fsp3) is 0.615. The summed E-state index contributed by atoms with van der Waals surface area (Å²) in [7, 11) is 0. The van der Waals surface area contributed by atoms with Gasteiger partial charge >= 0.3 is 0 Å². The van der Waals surface area contributed by atoms with Crippen molar-refractivity contribution >= 4 is 5.82 Å². The van der Waals surface area contributed by atoms with Gasteiger partial charge in [-0.05, 0) is 37.9 Å². The van der Waals surface area contributed by atoms with Crippen LogP contribution in [0.3, 0.4) is 0 Å². The molecule has 1 aromatic rings. The molecule has 1 aliphatic carbocycles. The molecule has 0 radical (unpaired) electrons. The summed E-state index contributed by atoms with van der Waals surface area (Å²) in [6, 6.07) is 3.80. The fourth-order valence-corrected chi connectivity index (χ4v) is 2.50. The molecule has 0 aliphatic heterocycles. The van der Waals surface area contributed by atoms with Crippen LogP contribution in [0.2, 0.25) is 0 Å². The molecule has 0 amide bonds. The first-order valence-corrected chi connectivity index (χ1v) is 6.39. The maximum absolute atomic E-state index is 12.9. The van der Waals surface area contributed by atoms with E-state index in [1.54, 1.807) is 6.07 Å². The first-order valence-electron chi connectivity index (χ1n) is 6.39. The minimum absolute atomic E-state index is 0.279. The summed E-state index contributed by atoms with van der Waals surface area (Å²) in [5, 5.41) is 0. The van der Waals surface area contributed by atoms with Gasteiger partial charge in [0.2, 0.25) is 0 Å². The van der Waals surface area contributed by atoms with Crippen molar-refractivity contribution in [2.45, 2.75) is 38.1 Å². The molecule has 0 bridgehead atoms. The molecule has 2 rings (SSSR count). The Labute approximate surface area is 102 Å². The van der Waals surface area contributed by atoms with E-state index in [1.807, 2.05) is 0 Å². The van der Waals surface area contributed by atoms with E-state index in [0.717, 1.165) is 18.8 Å². The summed E-state index contributed by atoms with van der Waals surface area (Å²) < 4.78 is 12.9. The van der Waals surface area contributed by atoms with Gasteiger partial charge in [-0.15, -0.1) is 0 Å². The van der Waals surface area contributed by atoms with E-state index in [1.165, 1.54) is 37.9 Å². The van der Waals surface area contributed by atoms with Crippen molar-refractivity contribution < 1.29 is 4.39 Å². The van der Waals surface area contributed by atoms with Crippen molar-refractivity contribution in [1.29, 1.82) is 0 Å². The third kappa shape index (κ3) is 3.16. The number of nitrogens with two attached hydrogens (primary N) is 1. The monoisotopic (exact) mass is 237 g/mol. The highest BCUT2D eigenvalue weighted by Crippen LogP contribution is 2.27. The number of halogens is 1. The Hall–Kier alpha value is -1.16. The number of rotatable bonds is 5. The lowest BCUT2D eigenvalue weighted by Crippen LogP contribution is -2.35. The van der Waals surface area contributed by atoms with Crippen molar-refractivity contribution in [2.24, 2.45) is 5.73 Å². The Morgan fingerprint density at radius 2 is 2.12 bits per heavy atom. The largest absolute Gasteiger partial charge is 0.354 e. The van der Waals surface area contributed by atoms with Crippen LogP contribution in [-0.2, 0) is 0 Å². The Bertz CT molecular complexity index is 333. The van der Waals surface area contributed by atoms with Gasteiger partial charge in [0.15, 0.2) is 0 Å². The summed E-state index contributed by atoms with van der Waals surface area (Å²) in [5.74, 6) is 0.602. The topological polar surface area (TPSA) is 42.1 Å². The molecule has 17 heavy (non-hydrogen) atoms. The quantitative estimate of drug-likeness (QED) is 0.854. The standard InChI is InChI=1S/C13H20FN3/c14-11-6-7-13(16-10-11)17(9-3-8-15)12-4-1-2-5-12/h6-7,10,12H,1-5,8-9,15H2. The Morgan fingerprint density at radius 3 is 2.71 bits per heavy atom. The van der Waals surface area contributed by atoms with Crippen LogP contribution in [-0.4, -0.2) is 24.1 Å². The van der Waals surface area contributed by atoms with Gasteiger partial charge in [-0.2, -0.15) is 0 Å². The lowest BCUT2D eigenvalue weighted by atomic mass is 10.2. The average Bonchev–Trinajstić information content (AvgIpc) is 2.85. The van der Waals surface area contributed by atoms with Crippen molar-refractivity contribution in [3.8, 4) is 0 Å². The highest BCUT2D eigenvalue weighted by atomic mass is 19.1. The lowest BCUT2D eigenvalue weighted by Gasteiger charge is -2.30. The second-order valence-electron chi connectivity index (χ2n) is 4.61. The highest BCUT2D eigenvalue weighted by Gasteiger charge is 2.23. The maximum Gasteiger partial charge on any atom is 0.141 e. The van der Waals surface area contributed by atoms with Crippen LogP contribution < -0.4 is 10.6 Å². The number of hydrogen-bond donors (Lipinski definition) is 1. The van der Waals surface area contributed by atoms with Crippen LogP contribution in [0.25, 0.3) is 0 Å². The number of nitrogens with zero attached hydrogens (tertiary/aromatic N) is 2. The predicted octanol–water partition coefficient (Wildman–Crippen LogP) is 2.32. The highest BCUT2D eigenvalue weighted by molar-refractivity contribution is 5.39. The molecule has 2 N–H and O–H groups in total. The molecule has 1 aromatic heterocycles. The number of aromatic nitrogens is 1. The van der Waals surface area contributed by atoms with Crippen molar-refractivity contribution in [1.82, 2.24) is 4.98 Å².